The van der Waals surface area contributed by atoms with Crippen LogP contribution in [0.2, 0.25) is 0 Å². The van der Waals surface area contributed by atoms with Crippen molar-refractivity contribution >= 4 is 23.0 Å². The summed E-state index contributed by atoms with van der Waals surface area (Å²) in [4.78, 5) is 8.28. The first-order valence-corrected chi connectivity index (χ1v) is 6.49. The number of nitrogens with zero attached hydrogens (tertiary/aromatic N) is 2. The molecule has 0 aliphatic carbocycles. The van der Waals surface area contributed by atoms with E-state index in [-0.39, 0.29) is 0 Å². The lowest BCUT2D eigenvalue weighted by molar-refractivity contribution is 0.210. The summed E-state index contributed by atoms with van der Waals surface area (Å²) >= 11 is 0. The molecule has 2 rings (SSSR count). The van der Waals surface area contributed by atoms with Gasteiger partial charge in [-0.2, -0.15) is 0 Å². The van der Waals surface area contributed by atoms with Crippen LogP contribution >= 0.6 is 0 Å². The van der Waals surface area contributed by atoms with Gasteiger partial charge in [-0.05, 0) is 12.1 Å². The van der Waals surface area contributed by atoms with E-state index in [4.69, 9.17) is 15.2 Å². The molecule has 21 heavy (non-hydrogen) atoms. The van der Waals surface area contributed by atoms with Crippen LogP contribution in [-0.4, -0.2) is 37.3 Å². The molecule has 4 N–H and O–H groups in total. The molecule has 2 aromatic rings. The van der Waals surface area contributed by atoms with Gasteiger partial charge in [0.1, 0.15) is 17.8 Å². The molecule has 0 atom stereocenters. The number of hydrogen-bond acceptors (Lipinski definition) is 7. The number of anilines is 4. The zero-order valence-corrected chi connectivity index (χ0v) is 12.1. The highest BCUT2D eigenvalue weighted by Gasteiger charge is 2.10. The van der Waals surface area contributed by atoms with Crippen LogP contribution in [0.4, 0.5) is 23.0 Å². The standard InChI is InChI=1S/C14H19N5O2/c1-20-8-7-16-13-12(15)14(18-9-17-13)19-10-5-3-4-6-11(10)21-2/h3-6,9H,7-8,15H2,1-2H3,(H2,16,17,18,19). The highest BCUT2D eigenvalue weighted by molar-refractivity contribution is 5.79. The fourth-order valence-corrected chi connectivity index (χ4v) is 1.78. The molecule has 0 amide bonds. The van der Waals surface area contributed by atoms with Crippen molar-refractivity contribution in [3.05, 3.63) is 30.6 Å². The van der Waals surface area contributed by atoms with Crippen molar-refractivity contribution in [2.24, 2.45) is 0 Å². The molecule has 0 unspecified atom stereocenters. The Labute approximate surface area is 123 Å². The number of nitrogens with two attached hydrogens (primary N) is 1. The minimum Gasteiger partial charge on any atom is -0.495 e. The largest absolute Gasteiger partial charge is 0.495 e. The van der Waals surface area contributed by atoms with Gasteiger partial charge in [0.25, 0.3) is 0 Å². The number of ether oxygens (including phenoxy) is 2. The number of nitrogen functional groups attached to an aromatic ring is 1. The molecule has 1 aromatic carbocycles. The molecule has 112 valence electrons. The van der Waals surface area contributed by atoms with Crippen molar-refractivity contribution in [2.75, 3.05) is 43.7 Å². The molecule has 0 fully saturated rings. The molecule has 0 radical (unpaired) electrons. The Kier molecular flexibility index (Phi) is 5.16. The molecule has 0 aliphatic heterocycles. The average molecular weight is 289 g/mol. The van der Waals surface area contributed by atoms with E-state index in [2.05, 4.69) is 20.6 Å². The Morgan fingerprint density at radius 2 is 1.90 bits per heavy atom. The monoisotopic (exact) mass is 289 g/mol. The van der Waals surface area contributed by atoms with E-state index in [1.54, 1.807) is 14.2 Å². The lowest BCUT2D eigenvalue weighted by atomic mass is 10.3. The van der Waals surface area contributed by atoms with Gasteiger partial charge in [-0.15, -0.1) is 0 Å². The molecule has 0 saturated carbocycles. The van der Waals surface area contributed by atoms with Crippen LogP contribution < -0.4 is 21.1 Å². The molecule has 7 nitrogen and oxygen atoms in total. The van der Waals surface area contributed by atoms with Crippen molar-refractivity contribution in [1.29, 1.82) is 0 Å². The Morgan fingerprint density at radius 1 is 1.14 bits per heavy atom. The maximum atomic E-state index is 6.07. The smallest absolute Gasteiger partial charge is 0.159 e. The summed E-state index contributed by atoms with van der Waals surface area (Å²) in [5.41, 5.74) is 7.30. The van der Waals surface area contributed by atoms with E-state index in [0.717, 1.165) is 5.69 Å². The number of benzene rings is 1. The lowest BCUT2D eigenvalue weighted by Crippen LogP contribution is -2.12. The Bertz CT molecular complexity index is 591. The Hall–Kier alpha value is -2.54. The van der Waals surface area contributed by atoms with Crippen molar-refractivity contribution in [3.8, 4) is 5.75 Å². The highest BCUT2D eigenvalue weighted by atomic mass is 16.5. The van der Waals surface area contributed by atoms with Gasteiger partial charge in [0.05, 0.1) is 19.4 Å². The maximum Gasteiger partial charge on any atom is 0.159 e. The van der Waals surface area contributed by atoms with Crippen molar-refractivity contribution in [3.63, 3.8) is 0 Å². The quantitative estimate of drug-likeness (QED) is 0.670. The van der Waals surface area contributed by atoms with Gasteiger partial charge >= 0.3 is 0 Å². The van der Waals surface area contributed by atoms with Crippen LogP contribution in [0.15, 0.2) is 30.6 Å². The first kappa shape index (κ1) is 14.9. The van der Waals surface area contributed by atoms with Gasteiger partial charge in [0.2, 0.25) is 0 Å². The summed E-state index contributed by atoms with van der Waals surface area (Å²) in [6.45, 7) is 1.19. The molecule has 0 aliphatic rings. The van der Waals surface area contributed by atoms with Crippen LogP contribution in [0.3, 0.4) is 0 Å². The third-order valence-corrected chi connectivity index (χ3v) is 2.84. The van der Waals surface area contributed by atoms with E-state index in [9.17, 15) is 0 Å². The molecule has 1 aromatic heterocycles. The number of aromatic nitrogens is 2. The van der Waals surface area contributed by atoms with Crippen LogP contribution in [-0.2, 0) is 4.74 Å². The van der Waals surface area contributed by atoms with Crippen LogP contribution in [0.5, 0.6) is 5.75 Å². The lowest BCUT2D eigenvalue weighted by Gasteiger charge is -2.14. The zero-order valence-electron chi connectivity index (χ0n) is 12.1. The van der Waals surface area contributed by atoms with E-state index in [0.29, 0.717) is 36.2 Å². The minimum absolute atomic E-state index is 0.444. The first-order valence-electron chi connectivity index (χ1n) is 6.49. The van der Waals surface area contributed by atoms with Gasteiger partial charge in [0, 0.05) is 13.7 Å². The molecular weight excluding hydrogens is 270 g/mol. The summed E-state index contributed by atoms with van der Waals surface area (Å²) in [6.07, 6.45) is 1.45. The molecular formula is C14H19N5O2. The molecule has 1 heterocycles. The fraction of sp³-hybridized carbons (Fsp3) is 0.286. The van der Waals surface area contributed by atoms with Crippen molar-refractivity contribution < 1.29 is 9.47 Å². The number of nitrogens with one attached hydrogen (secondary N) is 2. The van der Waals surface area contributed by atoms with Crippen LogP contribution in [0.1, 0.15) is 0 Å². The highest BCUT2D eigenvalue weighted by Crippen LogP contribution is 2.30. The second-order valence-corrected chi connectivity index (χ2v) is 4.23. The molecule has 0 saturated heterocycles. The van der Waals surface area contributed by atoms with E-state index >= 15 is 0 Å². The average Bonchev–Trinajstić information content (AvgIpc) is 2.51. The number of para-hydroxylation sites is 2. The molecule has 7 heteroatoms. The fourth-order valence-electron chi connectivity index (χ4n) is 1.78. The van der Waals surface area contributed by atoms with E-state index in [1.807, 2.05) is 24.3 Å². The number of methoxy groups -OCH3 is 2. The topological polar surface area (TPSA) is 94.3 Å². The third-order valence-electron chi connectivity index (χ3n) is 2.84. The van der Waals surface area contributed by atoms with Gasteiger partial charge in [-0.25, -0.2) is 9.97 Å². The molecule has 0 bridgehead atoms. The summed E-state index contributed by atoms with van der Waals surface area (Å²) in [5, 5.41) is 6.25. The second-order valence-electron chi connectivity index (χ2n) is 4.23. The van der Waals surface area contributed by atoms with E-state index in [1.165, 1.54) is 6.33 Å². The van der Waals surface area contributed by atoms with Gasteiger partial charge in [-0.3, -0.25) is 0 Å². The van der Waals surface area contributed by atoms with Gasteiger partial charge < -0.3 is 25.8 Å². The SMILES string of the molecule is COCCNc1ncnc(Nc2ccccc2OC)c1N. The zero-order chi connectivity index (χ0) is 15.1. The minimum atomic E-state index is 0.444. The van der Waals surface area contributed by atoms with Gasteiger partial charge in [0.15, 0.2) is 11.6 Å². The summed E-state index contributed by atoms with van der Waals surface area (Å²) < 4.78 is 10.3. The number of rotatable bonds is 7. The predicted octanol–water partition coefficient (Wildman–Crippen LogP) is 1.87. The normalized spacial score (nSPS) is 10.2. The van der Waals surface area contributed by atoms with Crippen molar-refractivity contribution in [1.82, 2.24) is 9.97 Å². The molecule has 0 spiro atoms. The predicted molar refractivity (Wildman–Crippen MR) is 83.1 cm³/mol. The van der Waals surface area contributed by atoms with Crippen LogP contribution in [0, 0.1) is 0 Å². The summed E-state index contributed by atoms with van der Waals surface area (Å²) in [5.74, 6) is 1.80. The Morgan fingerprint density at radius 3 is 2.67 bits per heavy atom. The van der Waals surface area contributed by atoms with Gasteiger partial charge in [-0.1, -0.05) is 12.1 Å². The summed E-state index contributed by atoms with van der Waals surface area (Å²) in [7, 11) is 3.25. The summed E-state index contributed by atoms with van der Waals surface area (Å²) in [6, 6.07) is 7.54. The number of hydrogen-bond donors (Lipinski definition) is 3. The first-order chi connectivity index (χ1) is 10.3. The van der Waals surface area contributed by atoms with Crippen molar-refractivity contribution in [2.45, 2.75) is 0 Å². The van der Waals surface area contributed by atoms with Crippen LogP contribution in [0.25, 0.3) is 0 Å². The van der Waals surface area contributed by atoms with E-state index < -0.39 is 0 Å². The second kappa shape index (κ2) is 7.30. The Balaban J connectivity index is 2.18. The third kappa shape index (κ3) is 3.73. The maximum absolute atomic E-state index is 6.07.